The molecule has 27 heavy (non-hydrogen) atoms. The van der Waals surface area contributed by atoms with Gasteiger partial charge in [0.15, 0.2) is 0 Å². The summed E-state index contributed by atoms with van der Waals surface area (Å²) in [6.45, 7) is 0. The SMILES string of the molecule is Cn1c(C(=O)Nc2ccc(NC(=O)NC3CC3)cc2)c(Cl)c2ccccc21. The van der Waals surface area contributed by atoms with Gasteiger partial charge in [-0.1, -0.05) is 29.8 Å². The molecule has 1 aliphatic rings. The quantitative estimate of drug-likeness (QED) is 0.626. The maximum absolute atomic E-state index is 12.7. The number of fused-ring (bicyclic) bond motifs is 1. The number of amides is 3. The van der Waals surface area contributed by atoms with Gasteiger partial charge in [0.05, 0.1) is 5.02 Å². The van der Waals surface area contributed by atoms with Gasteiger partial charge >= 0.3 is 6.03 Å². The van der Waals surface area contributed by atoms with Gasteiger partial charge in [0.25, 0.3) is 5.91 Å². The van der Waals surface area contributed by atoms with Crippen LogP contribution in [0.15, 0.2) is 48.5 Å². The minimum Gasteiger partial charge on any atom is -0.338 e. The van der Waals surface area contributed by atoms with Gasteiger partial charge < -0.3 is 20.5 Å². The molecule has 1 saturated carbocycles. The van der Waals surface area contributed by atoms with E-state index in [0.29, 0.717) is 28.1 Å². The molecule has 138 valence electrons. The topological polar surface area (TPSA) is 75.2 Å². The second-order valence-electron chi connectivity index (χ2n) is 6.64. The molecule has 0 radical (unpaired) electrons. The van der Waals surface area contributed by atoms with Crippen molar-refractivity contribution in [1.29, 1.82) is 0 Å². The summed E-state index contributed by atoms with van der Waals surface area (Å²) in [5.74, 6) is -0.286. The van der Waals surface area contributed by atoms with E-state index >= 15 is 0 Å². The Morgan fingerprint density at radius 1 is 1.00 bits per heavy atom. The van der Waals surface area contributed by atoms with Crippen LogP contribution in [0.2, 0.25) is 5.02 Å². The lowest BCUT2D eigenvalue weighted by molar-refractivity contribution is 0.102. The fourth-order valence-corrected chi connectivity index (χ4v) is 3.38. The van der Waals surface area contributed by atoms with Gasteiger partial charge in [-0.15, -0.1) is 0 Å². The summed E-state index contributed by atoms with van der Waals surface area (Å²) >= 11 is 6.42. The number of urea groups is 1. The summed E-state index contributed by atoms with van der Waals surface area (Å²) < 4.78 is 1.78. The molecule has 1 aliphatic carbocycles. The zero-order valence-corrected chi connectivity index (χ0v) is 15.5. The Hall–Kier alpha value is -2.99. The van der Waals surface area contributed by atoms with Gasteiger partial charge in [-0.25, -0.2) is 4.79 Å². The maximum atomic E-state index is 12.7. The Morgan fingerprint density at radius 3 is 2.26 bits per heavy atom. The summed E-state index contributed by atoms with van der Waals surface area (Å²) in [7, 11) is 1.81. The minimum absolute atomic E-state index is 0.212. The first-order valence-electron chi connectivity index (χ1n) is 8.75. The monoisotopic (exact) mass is 382 g/mol. The van der Waals surface area contributed by atoms with E-state index in [2.05, 4.69) is 16.0 Å². The number of para-hydroxylation sites is 1. The molecule has 3 aromatic rings. The molecule has 1 aromatic heterocycles. The molecule has 7 heteroatoms. The maximum Gasteiger partial charge on any atom is 0.319 e. The summed E-state index contributed by atoms with van der Waals surface area (Å²) in [5.41, 5.74) is 2.58. The van der Waals surface area contributed by atoms with Crippen molar-refractivity contribution >= 4 is 45.8 Å². The van der Waals surface area contributed by atoms with Gasteiger partial charge in [-0.2, -0.15) is 0 Å². The Bertz CT molecular complexity index is 983. The van der Waals surface area contributed by atoms with Crippen LogP contribution in [0.25, 0.3) is 10.9 Å². The molecule has 0 atom stereocenters. The highest BCUT2D eigenvalue weighted by molar-refractivity contribution is 6.39. The fourth-order valence-electron chi connectivity index (χ4n) is 3.01. The third-order valence-electron chi connectivity index (χ3n) is 4.57. The standard InChI is InChI=1S/C20H19ClN4O2/c1-25-16-5-3-2-4-15(16)17(21)18(25)19(26)22-12-6-8-13(9-7-12)23-20(27)24-14-10-11-14/h2-9,14H,10-11H2,1H3,(H,22,26)(H2,23,24,27). The van der Waals surface area contributed by atoms with Gasteiger partial charge in [-0.3, -0.25) is 4.79 Å². The molecule has 2 aromatic carbocycles. The second-order valence-corrected chi connectivity index (χ2v) is 7.02. The molecule has 4 rings (SSSR count). The van der Waals surface area contributed by atoms with E-state index in [1.165, 1.54) is 0 Å². The van der Waals surface area contributed by atoms with Crippen LogP contribution in [0, 0.1) is 0 Å². The van der Waals surface area contributed by atoms with Crippen molar-refractivity contribution in [2.45, 2.75) is 18.9 Å². The molecule has 0 spiro atoms. The number of hydrogen-bond acceptors (Lipinski definition) is 2. The number of aryl methyl sites for hydroxylation is 1. The van der Waals surface area contributed by atoms with Crippen LogP contribution in [0.5, 0.6) is 0 Å². The van der Waals surface area contributed by atoms with E-state index in [9.17, 15) is 9.59 Å². The van der Waals surface area contributed by atoms with Gasteiger partial charge in [0.1, 0.15) is 5.69 Å². The summed E-state index contributed by atoms with van der Waals surface area (Å²) in [6.07, 6.45) is 2.07. The Balaban J connectivity index is 1.47. The number of nitrogens with one attached hydrogen (secondary N) is 3. The highest BCUT2D eigenvalue weighted by atomic mass is 35.5. The van der Waals surface area contributed by atoms with E-state index in [-0.39, 0.29) is 11.9 Å². The van der Waals surface area contributed by atoms with Crippen LogP contribution in [-0.4, -0.2) is 22.5 Å². The normalized spacial score (nSPS) is 13.4. The number of rotatable bonds is 4. The van der Waals surface area contributed by atoms with Crippen molar-refractivity contribution in [3.8, 4) is 0 Å². The second kappa shape index (κ2) is 6.96. The summed E-state index contributed by atoms with van der Waals surface area (Å²) in [5, 5.41) is 9.76. The average molecular weight is 383 g/mol. The highest BCUT2D eigenvalue weighted by Gasteiger charge is 2.23. The van der Waals surface area contributed by atoms with E-state index in [4.69, 9.17) is 11.6 Å². The van der Waals surface area contributed by atoms with Crippen LogP contribution in [0.4, 0.5) is 16.2 Å². The van der Waals surface area contributed by atoms with Crippen LogP contribution < -0.4 is 16.0 Å². The lowest BCUT2D eigenvalue weighted by atomic mass is 10.2. The molecular weight excluding hydrogens is 364 g/mol. The molecule has 0 bridgehead atoms. The molecule has 1 heterocycles. The molecular formula is C20H19ClN4O2. The van der Waals surface area contributed by atoms with Crippen molar-refractivity contribution < 1.29 is 9.59 Å². The Kier molecular flexibility index (Phi) is 4.49. The van der Waals surface area contributed by atoms with Crippen molar-refractivity contribution in [2.24, 2.45) is 7.05 Å². The predicted octanol–water partition coefficient (Wildman–Crippen LogP) is 4.37. The minimum atomic E-state index is -0.286. The number of carbonyl (C=O) groups is 2. The molecule has 0 aliphatic heterocycles. The van der Waals surface area contributed by atoms with Crippen molar-refractivity contribution in [2.75, 3.05) is 10.6 Å². The third-order valence-corrected chi connectivity index (χ3v) is 4.96. The van der Waals surface area contributed by atoms with Gasteiger partial charge in [0, 0.05) is 35.4 Å². The van der Waals surface area contributed by atoms with E-state index < -0.39 is 0 Å². The average Bonchev–Trinajstić information content (AvgIpc) is 3.42. The molecule has 3 amide bonds. The molecule has 6 nitrogen and oxygen atoms in total. The molecule has 1 fully saturated rings. The Morgan fingerprint density at radius 2 is 1.63 bits per heavy atom. The summed E-state index contributed by atoms with van der Waals surface area (Å²) in [4.78, 5) is 24.5. The van der Waals surface area contributed by atoms with Crippen LogP contribution >= 0.6 is 11.6 Å². The van der Waals surface area contributed by atoms with Gasteiger partial charge in [-0.05, 0) is 43.2 Å². The molecule has 0 saturated heterocycles. The first kappa shape index (κ1) is 17.4. The number of carbonyl (C=O) groups excluding carboxylic acids is 2. The summed E-state index contributed by atoms with van der Waals surface area (Å²) in [6, 6.07) is 14.7. The largest absolute Gasteiger partial charge is 0.338 e. The number of halogens is 1. The van der Waals surface area contributed by atoms with E-state index in [1.54, 1.807) is 28.8 Å². The van der Waals surface area contributed by atoms with Crippen LogP contribution in [-0.2, 0) is 7.05 Å². The smallest absolute Gasteiger partial charge is 0.319 e. The third kappa shape index (κ3) is 3.61. The number of anilines is 2. The van der Waals surface area contributed by atoms with E-state index in [1.807, 2.05) is 31.3 Å². The zero-order chi connectivity index (χ0) is 19.0. The zero-order valence-electron chi connectivity index (χ0n) is 14.8. The van der Waals surface area contributed by atoms with Gasteiger partial charge in [0.2, 0.25) is 0 Å². The highest BCUT2D eigenvalue weighted by Crippen LogP contribution is 2.30. The van der Waals surface area contributed by atoms with E-state index in [0.717, 1.165) is 23.7 Å². The first-order chi connectivity index (χ1) is 13.0. The number of nitrogens with zero attached hydrogens (tertiary/aromatic N) is 1. The Labute approximate surface area is 161 Å². The number of benzene rings is 2. The molecule has 0 unspecified atom stereocenters. The van der Waals surface area contributed by atoms with Crippen LogP contribution in [0.3, 0.4) is 0 Å². The lowest BCUT2D eigenvalue weighted by Crippen LogP contribution is -2.30. The predicted molar refractivity (Wildman–Crippen MR) is 108 cm³/mol. The molecule has 3 N–H and O–H groups in total. The number of aromatic nitrogens is 1. The van der Waals surface area contributed by atoms with Crippen molar-refractivity contribution in [3.05, 3.63) is 59.2 Å². The van der Waals surface area contributed by atoms with Crippen molar-refractivity contribution in [1.82, 2.24) is 9.88 Å². The fraction of sp³-hybridized carbons (Fsp3) is 0.200. The lowest BCUT2D eigenvalue weighted by Gasteiger charge is -2.09. The van der Waals surface area contributed by atoms with Crippen molar-refractivity contribution in [3.63, 3.8) is 0 Å². The number of hydrogen-bond donors (Lipinski definition) is 3. The van der Waals surface area contributed by atoms with Crippen LogP contribution in [0.1, 0.15) is 23.3 Å². The first-order valence-corrected chi connectivity index (χ1v) is 9.12.